The fourth-order valence-corrected chi connectivity index (χ4v) is 13.5. The van der Waals surface area contributed by atoms with Crippen molar-refractivity contribution in [1.29, 1.82) is 0 Å². The summed E-state index contributed by atoms with van der Waals surface area (Å²) < 4.78 is 0. The largest absolute Gasteiger partial charge is 0.310 e. The monoisotopic (exact) mass is 940 g/mol. The van der Waals surface area contributed by atoms with Crippen LogP contribution in [0.1, 0.15) is 44.5 Å². The summed E-state index contributed by atoms with van der Waals surface area (Å²) in [6, 6.07) is 108. The van der Waals surface area contributed by atoms with Gasteiger partial charge >= 0.3 is 0 Å². The standard InChI is InChI=1S/C72H48N2/c1-6-25-50(26-7-1)71(51-27-8-2-9-28-51)63-39-21-19-37-59(63)62-47-55(43-45-66(62)71)73(52-29-10-3-11-30-52)56-42-44-60-58-36-18-22-40-64(58)72(67(60)48-56)65-41-23-20-38-61(65)69-68(72)46-49-24-16-17-35-57(49)70(69)74(53-31-12-4-13-32-53)54-33-14-5-15-34-54/h1-48H. The Morgan fingerprint density at radius 2 is 0.649 bits per heavy atom. The van der Waals surface area contributed by atoms with E-state index in [4.69, 9.17) is 0 Å². The molecule has 0 N–H and O–H groups in total. The summed E-state index contributed by atoms with van der Waals surface area (Å²) >= 11 is 0. The lowest BCUT2D eigenvalue weighted by Gasteiger charge is -2.34. The van der Waals surface area contributed by atoms with Crippen molar-refractivity contribution < 1.29 is 0 Å². The molecule has 3 aliphatic carbocycles. The number of nitrogens with zero attached hydrogens (tertiary/aromatic N) is 2. The van der Waals surface area contributed by atoms with Gasteiger partial charge in [-0.3, -0.25) is 0 Å². The van der Waals surface area contributed by atoms with Crippen molar-refractivity contribution in [1.82, 2.24) is 0 Å². The first kappa shape index (κ1) is 42.2. The van der Waals surface area contributed by atoms with Crippen LogP contribution in [0.2, 0.25) is 0 Å². The van der Waals surface area contributed by atoms with Crippen molar-refractivity contribution in [3.63, 3.8) is 0 Å². The number of benzene rings is 12. The third kappa shape index (κ3) is 5.88. The fourth-order valence-electron chi connectivity index (χ4n) is 13.5. The molecule has 2 nitrogen and oxygen atoms in total. The fraction of sp³-hybridized carbons (Fsp3) is 0.0278. The Bertz CT molecular complexity index is 4050. The van der Waals surface area contributed by atoms with E-state index in [0.717, 1.165) is 28.4 Å². The van der Waals surface area contributed by atoms with Crippen LogP contribution in [0.3, 0.4) is 0 Å². The van der Waals surface area contributed by atoms with E-state index in [1.165, 1.54) is 94.3 Å². The molecule has 0 radical (unpaired) electrons. The van der Waals surface area contributed by atoms with Crippen LogP contribution in [0.25, 0.3) is 44.2 Å². The van der Waals surface area contributed by atoms with Gasteiger partial charge < -0.3 is 9.80 Å². The highest BCUT2D eigenvalue weighted by Gasteiger charge is 2.53. The molecule has 0 aliphatic heterocycles. The Hall–Kier alpha value is -9.50. The minimum atomic E-state index is -0.629. The molecule has 74 heavy (non-hydrogen) atoms. The minimum Gasteiger partial charge on any atom is -0.310 e. The molecule has 1 unspecified atom stereocenters. The molecule has 0 saturated carbocycles. The van der Waals surface area contributed by atoms with E-state index in [-0.39, 0.29) is 0 Å². The lowest BCUT2D eigenvalue weighted by atomic mass is 9.68. The molecule has 346 valence electrons. The van der Waals surface area contributed by atoms with E-state index in [1.54, 1.807) is 0 Å². The minimum absolute atomic E-state index is 0.487. The number of hydrogen-bond acceptors (Lipinski definition) is 2. The van der Waals surface area contributed by atoms with E-state index >= 15 is 0 Å². The zero-order valence-electron chi connectivity index (χ0n) is 40.6. The van der Waals surface area contributed by atoms with E-state index in [1.807, 2.05) is 0 Å². The van der Waals surface area contributed by atoms with Crippen LogP contribution < -0.4 is 9.80 Å². The van der Waals surface area contributed by atoms with Gasteiger partial charge in [0.1, 0.15) is 0 Å². The van der Waals surface area contributed by atoms with E-state index in [2.05, 4.69) is 301 Å². The first-order valence-electron chi connectivity index (χ1n) is 25.8. The molecule has 0 saturated heterocycles. The molecule has 2 heteroatoms. The maximum absolute atomic E-state index is 2.52. The molecule has 3 aliphatic rings. The topological polar surface area (TPSA) is 6.48 Å². The second-order valence-corrected chi connectivity index (χ2v) is 19.9. The third-order valence-electron chi connectivity index (χ3n) is 16.3. The Morgan fingerprint density at radius 1 is 0.230 bits per heavy atom. The quantitative estimate of drug-likeness (QED) is 0.150. The Kier molecular flexibility index (Phi) is 9.43. The molecule has 0 aromatic heterocycles. The Labute approximate surface area is 432 Å². The van der Waals surface area contributed by atoms with Crippen molar-refractivity contribution >= 4 is 44.9 Å². The molecule has 12 aromatic carbocycles. The van der Waals surface area contributed by atoms with Crippen molar-refractivity contribution in [2.45, 2.75) is 10.8 Å². The van der Waals surface area contributed by atoms with Crippen molar-refractivity contribution in [3.05, 3.63) is 336 Å². The summed E-state index contributed by atoms with van der Waals surface area (Å²) in [4.78, 5) is 4.97. The van der Waals surface area contributed by atoms with Crippen LogP contribution in [0.15, 0.2) is 291 Å². The summed E-state index contributed by atoms with van der Waals surface area (Å²) in [6.07, 6.45) is 0. The van der Waals surface area contributed by atoms with E-state index in [0.29, 0.717) is 0 Å². The molecule has 0 amide bonds. The highest BCUT2D eigenvalue weighted by molar-refractivity contribution is 6.12. The summed E-state index contributed by atoms with van der Waals surface area (Å²) in [5.74, 6) is 0. The lowest BCUT2D eigenvalue weighted by molar-refractivity contribution is 0.768. The van der Waals surface area contributed by atoms with Crippen LogP contribution >= 0.6 is 0 Å². The molecule has 12 aromatic rings. The molecule has 0 heterocycles. The molecule has 1 atom stereocenters. The van der Waals surface area contributed by atoms with E-state index in [9.17, 15) is 0 Å². The number of fused-ring (bicyclic) bond motifs is 14. The van der Waals surface area contributed by atoms with Crippen LogP contribution in [-0.2, 0) is 10.8 Å². The number of anilines is 6. The first-order chi connectivity index (χ1) is 36.7. The highest BCUT2D eigenvalue weighted by atomic mass is 15.2. The Balaban J connectivity index is 0.995. The molecule has 1 spiro atoms. The van der Waals surface area contributed by atoms with Gasteiger partial charge in [0.2, 0.25) is 0 Å². The third-order valence-corrected chi connectivity index (χ3v) is 16.3. The smallest absolute Gasteiger partial charge is 0.0727 e. The SMILES string of the molecule is c1ccc(N(c2ccc3c(c2)-c2ccccc2C3(c2ccccc2)c2ccccc2)c2ccc3c(c2)C2(c4ccccc4-3)c3ccccc3-c3c2cc2ccccc2c3N(c2ccccc2)c2ccccc2)cc1. The number of rotatable bonds is 8. The maximum Gasteiger partial charge on any atom is 0.0727 e. The van der Waals surface area contributed by atoms with Gasteiger partial charge in [0, 0.05) is 39.4 Å². The van der Waals surface area contributed by atoms with Crippen molar-refractivity contribution in [2.24, 2.45) is 0 Å². The number of hydrogen-bond donors (Lipinski definition) is 0. The average Bonchev–Trinajstić information content (AvgIpc) is 4.09. The van der Waals surface area contributed by atoms with Crippen LogP contribution in [0.5, 0.6) is 0 Å². The second-order valence-electron chi connectivity index (χ2n) is 19.9. The van der Waals surface area contributed by atoms with Gasteiger partial charge in [-0.2, -0.15) is 0 Å². The van der Waals surface area contributed by atoms with Gasteiger partial charge in [-0.05, 0) is 144 Å². The zero-order chi connectivity index (χ0) is 48.8. The molecule has 0 fully saturated rings. The lowest BCUT2D eigenvalue weighted by Crippen LogP contribution is -2.28. The molecule has 15 rings (SSSR count). The predicted molar refractivity (Wildman–Crippen MR) is 307 cm³/mol. The molecule has 0 bridgehead atoms. The van der Waals surface area contributed by atoms with Crippen LogP contribution in [0.4, 0.5) is 34.1 Å². The molecular weight excluding hydrogens is 893 g/mol. The van der Waals surface area contributed by atoms with Crippen molar-refractivity contribution in [3.8, 4) is 33.4 Å². The Morgan fingerprint density at radius 3 is 1.26 bits per heavy atom. The first-order valence-corrected chi connectivity index (χ1v) is 25.8. The van der Waals surface area contributed by atoms with Crippen LogP contribution in [0, 0.1) is 0 Å². The second kappa shape index (κ2) is 16.5. The zero-order valence-corrected chi connectivity index (χ0v) is 40.6. The van der Waals surface area contributed by atoms with Gasteiger partial charge in [0.05, 0.1) is 16.5 Å². The van der Waals surface area contributed by atoms with Gasteiger partial charge in [-0.25, -0.2) is 0 Å². The summed E-state index contributed by atoms with van der Waals surface area (Å²) in [7, 11) is 0. The normalized spacial score (nSPS) is 14.9. The molecular formula is C72H48N2. The van der Waals surface area contributed by atoms with Crippen LogP contribution in [-0.4, -0.2) is 0 Å². The highest BCUT2D eigenvalue weighted by Crippen LogP contribution is 2.66. The summed E-state index contributed by atoms with van der Waals surface area (Å²) in [6.45, 7) is 0. The van der Waals surface area contributed by atoms with Gasteiger partial charge in [0.25, 0.3) is 0 Å². The number of para-hydroxylation sites is 3. The van der Waals surface area contributed by atoms with Crippen molar-refractivity contribution in [2.75, 3.05) is 9.80 Å². The van der Waals surface area contributed by atoms with E-state index < -0.39 is 10.8 Å². The van der Waals surface area contributed by atoms with Gasteiger partial charge in [-0.15, -0.1) is 0 Å². The predicted octanol–water partition coefficient (Wildman–Crippen LogP) is 18.5. The summed E-state index contributed by atoms with van der Waals surface area (Å²) in [5, 5.41) is 2.42. The van der Waals surface area contributed by atoms with Gasteiger partial charge in [0.15, 0.2) is 0 Å². The van der Waals surface area contributed by atoms with Gasteiger partial charge in [-0.1, -0.05) is 224 Å². The average molecular weight is 941 g/mol. The maximum atomic E-state index is 2.52. The summed E-state index contributed by atoms with van der Waals surface area (Å²) in [5.41, 5.74) is 23.5.